The Balaban J connectivity index is 0.00000401. The zero-order chi connectivity index (χ0) is 32.9. The van der Waals surface area contributed by atoms with Gasteiger partial charge in [-0.25, -0.2) is 4.98 Å². The molecular formula is C39H34N4OPt. The Bertz CT molecular complexity index is 2250. The molecule has 7 rings (SSSR count). The van der Waals surface area contributed by atoms with Gasteiger partial charge in [0.15, 0.2) is 0 Å². The van der Waals surface area contributed by atoms with E-state index >= 15 is 0 Å². The second-order valence-electron chi connectivity index (χ2n) is 11.6. The molecule has 0 amide bonds. The van der Waals surface area contributed by atoms with E-state index in [-0.39, 0.29) is 26.6 Å². The van der Waals surface area contributed by atoms with Crippen molar-refractivity contribution < 1.29 is 29.9 Å². The number of hydrogen-bond donors (Lipinski definition) is 0. The van der Waals surface area contributed by atoms with Crippen molar-refractivity contribution in [2.24, 2.45) is 5.92 Å². The molecular weight excluding hydrogens is 736 g/mol. The van der Waals surface area contributed by atoms with Crippen LogP contribution in [0.25, 0.3) is 44.4 Å². The number of pyridine rings is 1. The van der Waals surface area contributed by atoms with E-state index < -0.39 is 6.85 Å². The van der Waals surface area contributed by atoms with E-state index in [0.717, 1.165) is 62.2 Å². The smallest absolute Gasteiger partial charge is 0.509 e. The Kier molecular flexibility index (Phi) is 7.47. The molecule has 7 aromatic rings. The minimum absolute atomic E-state index is 0. The van der Waals surface area contributed by atoms with Gasteiger partial charge in [0.25, 0.3) is 0 Å². The first-order valence-corrected chi connectivity index (χ1v) is 14.9. The van der Waals surface area contributed by atoms with E-state index in [4.69, 9.17) is 18.9 Å². The predicted molar refractivity (Wildman–Crippen MR) is 178 cm³/mol. The Morgan fingerprint density at radius 1 is 0.867 bits per heavy atom. The number of benzene rings is 4. The minimum Gasteiger partial charge on any atom is -0.509 e. The van der Waals surface area contributed by atoms with Crippen LogP contribution in [-0.2, 0) is 27.5 Å². The van der Waals surface area contributed by atoms with Crippen LogP contribution in [0.2, 0.25) is 0 Å². The SMILES string of the molecule is [2H]C([2H])([2H])c1ccc2c(c1)c1ccc(Oc3[c-]c(-n4nc(C)c(-c5ccccc5)c4C)ccc3)[c-]c1n2-c1cc(CC(C)C)ccn1.[Pt+2]. The van der Waals surface area contributed by atoms with Crippen molar-refractivity contribution in [2.45, 2.75) is 41.0 Å². The van der Waals surface area contributed by atoms with E-state index in [9.17, 15) is 0 Å². The second-order valence-corrected chi connectivity index (χ2v) is 11.6. The van der Waals surface area contributed by atoms with E-state index in [1.807, 2.05) is 83.0 Å². The molecule has 0 bridgehead atoms. The Morgan fingerprint density at radius 2 is 1.69 bits per heavy atom. The predicted octanol–water partition coefficient (Wildman–Crippen LogP) is 9.55. The molecule has 0 spiro atoms. The van der Waals surface area contributed by atoms with Gasteiger partial charge in [0, 0.05) is 38.6 Å². The van der Waals surface area contributed by atoms with Gasteiger partial charge in [-0.3, -0.25) is 4.68 Å². The van der Waals surface area contributed by atoms with Crippen molar-refractivity contribution in [1.29, 1.82) is 0 Å². The molecule has 0 aliphatic rings. The summed E-state index contributed by atoms with van der Waals surface area (Å²) in [4.78, 5) is 4.73. The molecule has 0 aliphatic carbocycles. The van der Waals surface area contributed by atoms with Crippen molar-refractivity contribution in [3.63, 3.8) is 0 Å². The molecule has 0 saturated carbocycles. The summed E-state index contributed by atoms with van der Waals surface area (Å²) in [5, 5.41) is 6.52. The van der Waals surface area contributed by atoms with Gasteiger partial charge in [-0.2, -0.15) is 17.2 Å². The third-order valence-corrected chi connectivity index (χ3v) is 7.89. The first-order valence-electron chi connectivity index (χ1n) is 16.4. The van der Waals surface area contributed by atoms with Gasteiger partial charge in [-0.05, 0) is 73.4 Å². The number of aromatic nitrogens is 4. The third-order valence-electron chi connectivity index (χ3n) is 7.89. The van der Waals surface area contributed by atoms with Crippen molar-refractivity contribution in [3.05, 3.63) is 132 Å². The van der Waals surface area contributed by atoms with Gasteiger partial charge in [0.05, 0.1) is 5.69 Å². The van der Waals surface area contributed by atoms with Gasteiger partial charge in [0.2, 0.25) is 0 Å². The summed E-state index contributed by atoms with van der Waals surface area (Å²) in [6, 6.07) is 36.1. The van der Waals surface area contributed by atoms with Crippen LogP contribution < -0.4 is 4.74 Å². The maximum Gasteiger partial charge on any atom is 2.00 e. The van der Waals surface area contributed by atoms with Crippen LogP contribution in [0.15, 0.2) is 97.2 Å². The summed E-state index contributed by atoms with van der Waals surface area (Å²) >= 11 is 0. The maximum absolute atomic E-state index is 8.01. The maximum atomic E-state index is 8.01. The number of aryl methyl sites for hydroxylation is 2. The van der Waals surface area contributed by atoms with Crippen LogP contribution in [0, 0.1) is 38.8 Å². The van der Waals surface area contributed by atoms with Gasteiger partial charge in [0.1, 0.15) is 5.82 Å². The normalized spacial score (nSPS) is 12.6. The average molecular weight is 773 g/mol. The molecule has 3 aromatic heterocycles. The first kappa shape index (κ1) is 26.9. The second kappa shape index (κ2) is 12.5. The fourth-order valence-electron chi connectivity index (χ4n) is 6.04. The molecule has 6 heteroatoms. The largest absolute Gasteiger partial charge is 2.00 e. The fourth-order valence-corrected chi connectivity index (χ4v) is 6.04. The number of hydrogen-bond acceptors (Lipinski definition) is 3. The van der Waals surface area contributed by atoms with Crippen LogP contribution >= 0.6 is 0 Å². The Morgan fingerprint density at radius 3 is 2.49 bits per heavy atom. The molecule has 0 atom stereocenters. The van der Waals surface area contributed by atoms with Gasteiger partial charge >= 0.3 is 21.1 Å². The minimum atomic E-state index is -2.22. The fraction of sp³-hybridized carbons (Fsp3) is 0.179. The summed E-state index contributed by atoms with van der Waals surface area (Å²) in [7, 11) is 0. The zero-order valence-corrected chi connectivity index (χ0v) is 27.8. The molecule has 5 nitrogen and oxygen atoms in total. The Hall–Kier alpha value is -4.47. The number of fused-ring (bicyclic) bond motifs is 3. The van der Waals surface area contributed by atoms with Crippen LogP contribution in [0.1, 0.15) is 40.5 Å². The molecule has 3 heterocycles. The Labute approximate surface area is 283 Å². The first-order chi connectivity index (χ1) is 22.6. The van der Waals surface area contributed by atoms with Crippen LogP contribution in [0.3, 0.4) is 0 Å². The standard InChI is InChI=1S/C39H34N4O.Pt/c1-25(2)20-29-18-19-40-38(22-29)42-36-17-14-26(3)21-35(36)34-16-15-33(24-37(34)42)44-32-13-9-12-31(23-32)43-28(5)39(27(4)41-43)30-10-7-6-8-11-30;/h6-19,21-22,25H,20H2,1-5H3;/q-2;+2/i3D3;. The molecule has 0 fully saturated rings. The average Bonchev–Trinajstić information content (AvgIpc) is 3.53. The summed E-state index contributed by atoms with van der Waals surface area (Å²) in [6.07, 6.45) is 2.74. The van der Waals surface area contributed by atoms with E-state index in [1.165, 1.54) is 5.56 Å². The van der Waals surface area contributed by atoms with E-state index in [2.05, 4.69) is 51.1 Å². The molecule has 4 aromatic carbocycles. The van der Waals surface area contributed by atoms with E-state index in [1.54, 1.807) is 12.1 Å². The summed E-state index contributed by atoms with van der Waals surface area (Å²) < 4.78 is 34.3. The molecule has 45 heavy (non-hydrogen) atoms. The summed E-state index contributed by atoms with van der Waals surface area (Å²) in [5.74, 6) is 2.26. The van der Waals surface area contributed by atoms with Gasteiger partial charge in [-0.15, -0.1) is 35.7 Å². The van der Waals surface area contributed by atoms with Crippen molar-refractivity contribution in [3.8, 4) is 34.1 Å². The molecule has 0 radical (unpaired) electrons. The molecule has 0 N–H and O–H groups in total. The summed E-state index contributed by atoms with van der Waals surface area (Å²) in [6.45, 7) is 6.24. The van der Waals surface area contributed by atoms with Crippen molar-refractivity contribution >= 4 is 21.8 Å². The summed E-state index contributed by atoms with van der Waals surface area (Å²) in [5.41, 5.74) is 8.01. The monoisotopic (exact) mass is 772 g/mol. The van der Waals surface area contributed by atoms with E-state index in [0.29, 0.717) is 17.4 Å². The van der Waals surface area contributed by atoms with Gasteiger partial charge < -0.3 is 9.30 Å². The molecule has 0 aliphatic heterocycles. The van der Waals surface area contributed by atoms with Crippen molar-refractivity contribution in [1.82, 2.24) is 19.3 Å². The van der Waals surface area contributed by atoms with Gasteiger partial charge in [-0.1, -0.05) is 67.4 Å². The molecule has 0 unspecified atom stereocenters. The number of nitrogens with zero attached hydrogens (tertiary/aromatic N) is 4. The van der Waals surface area contributed by atoms with Crippen molar-refractivity contribution in [2.75, 3.05) is 0 Å². The number of rotatable bonds is 7. The quantitative estimate of drug-likeness (QED) is 0.152. The topological polar surface area (TPSA) is 44.9 Å². The molecule has 226 valence electrons. The zero-order valence-electron chi connectivity index (χ0n) is 28.5. The van der Waals surface area contributed by atoms with Crippen LogP contribution in [-0.4, -0.2) is 19.3 Å². The number of ether oxygens (including phenoxy) is 1. The molecule has 0 saturated heterocycles. The van der Waals surface area contributed by atoms with Crippen LogP contribution in [0.5, 0.6) is 11.5 Å². The van der Waals surface area contributed by atoms with Crippen LogP contribution in [0.4, 0.5) is 0 Å². The third kappa shape index (κ3) is 5.85.